The molecule has 2 nitrogen and oxygen atoms in total. The molecule has 0 fully saturated rings. The van der Waals surface area contributed by atoms with Gasteiger partial charge in [-0.25, -0.2) is 0 Å². The maximum absolute atomic E-state index is 12.9. The van der Waals surface area contributed by atoms with Crippen LogP contribution >= 0.6 is 15.9 Å². The molecule has 0 amide bonds. The number of nitrogens with zero attached hydrogens (tertiary/aromatic N) is 1. The summed E-state index contributed by atoms with van der Waals surface area (Å²) in [6.45, 7) is 1.72. The highest BCUT2D eigenvalue weighted by Crippen LogP contribution is 2.34. The van der Waals surface area contributed by atoms with E-state index in [4.69, 9.17) is 0 Å². The first-order chi connectivity index (χ1) is 8.34. The van der Waals surface area contributed by atoms with E-state index in [2.05, 4.69) is 21.2 Å². The van der Waals surface area contributed by atoms with E-state index in [1.165, 1.54) is 6.07 Å². The summed E-state index contributed by atoms with van der Waals surface area (Å²) in [6.07, 6.45) is -4.32. The number of hydrogen-bond donors (Lipinski definition) is 1. The fraction of sp³-hybridized carbons (Fsp3) is 0.500. The second-order valence-corrected chi connectivity index (χ2v) is 5.06. The average molecular weight is 325 g/mol. The zero-order chi connectivity index (χ0) is 13.8. The van der Waals surface area contributed by atoms with Gasteiger partial charge in [0.05, 0.1) is 5.56 Å². The van der Waals surface area contributed by atoms with E-state index in [-0.39, 0.29) is 6.54 Å². The van der Waals surface area contributed by atoms with Crippen molar-refractivity contribution in [3.05, 3.63) is 33.8 Å². The van der Waals surface area contributed by atoms with Gasteiger partial charge in [-0.05, 0) is 31.8 Å². The lowest BCUT2D eigenvalue weighted by molar-refractivity contribution is -0.138. The van der Waals surface area contributed by atoms with Crippen molar-refractivity contribution >= 4 is 15.9 Å². The van der Waals surface area contributed by atoms with Gasteiger partial charge >= 0.3 is 6.18 Å². The van der Waals surface area contributed by atoms with Crippen molar-refractivity contribution in [1.82, 2.24) is 10.2 Å². The van der Waals surface area contributed by atoms with Crippen LogP contribution in [0.15, 0.2) is 22.7 Å². The van der Waals surface area contributed by atoms with Gasteiger partial charge in [0.1, 0.15) is 0 Å². The van der Waals surface area contributed by atoms with Gasteiger partial charge in [0, 0.05) is 24.1 Å². The van der Waals surface area contributed by atoms with Crippen molar-refractivity contribution in [3.8, 4) is 0 Å². The first-order valence-electron chi connectivity index (χ1n) is 5.53. The first-order valence-corrected chi connectivity index (χ1v) is 6.32. The Labute approximate surface area is 113 Å². The summed E-state index contributed by atoms with van der Waals surface area (Å²) in [5.74, 6) is 0. The van der Waals surface area contributed by atoms with Crippen LogP contribution in [0.5, 0.6) is 0 Å². The van der Waals surface area contributed by atoms with Crippen molar-refractivity contribution < 1.29 is 13.2 Å². The quantitative estimate of drug-likeness (QED) is 0.895. The number of alkyl halides is 3. The second-order valence-electron chi connectivity index (χ2n) is 4.14. The highest BCUT2D eigenvalue weighted by Gasteiger charge is 2.33. The minimum absolute atomic E-state index is 0.282. The number of likely N-dealkylation sites (N-methyl/N-ethyl adjacent to an activating group) is 2. The van der Waals surface area contributed by atoms with Gasteiger partial charge in [-0.15, -0.1) is 0 Å². The zero-order valence-electron chi connectivity index (χ0n) is 10.3. The molecule has 1 aromatic carbocycles. The first kappa shape index (κ1) is 15.5. The lowest BCUT2D eigenvalue weighted by Crippen LogP contribution is -2.27. The van der Waals surface area contributed by atoms with Crippen molar-refractivity contribution in [2.75, 3.05) is 27.2 Å². The Morgan fingerprint density at radius 2 is 2.00 bits per heavy atom. The molecule has 1 aromatic rings. The lowest BCUT2D eigenvalue weighted by atomic mass is 10.1. The van der Waals surface area contributed by atoms with Gasteiger partial charge in [0.2, 0.25) is 0 Å². The third kappa shape index (κ3) is 4.59. The number of rotatable bonds is 5. The Hall–Kier alpha value is -0.590. The Balaban J connectivity index is 2.88. The molecule has 0 aliphatic rings. The smallest absolute Gasteiger partial charge is 0.318 e. The van der Waals surface area contributed by atoms with Crippen molar-refractivity contribution in [3.63, 3.8) is 0 Å². The van der Waals surface area contributed by atoms with Gasteiger partial charge in [0.15, 0.2) is 0 Å². The van der Waals surface area contributed by atoms with Gasteiger partial charge in [0.25, 0.3) is 0 Å². The average Bonchev–Trinajstić information content (AvgIpc) is 2.27. The van der Waals surface area contributed by atoms with Crippen LogP contribution in [-0.4, -0.2) is 32.1 Å². The molecule has 0 bridgehead atoms. The molecule has 0 radical (unpaired) electrons. The van der Waals surface area contributed by atoms with E-state index in [0.717, 1.165) is 12.6 Å². The SMILES string of the molecule is CNCCN(C)Cc1ccc(Br)cc1C(F)(F)F. The number of hydrogen-bond acceptors (Lipinski definition) is 2. The molecule has 0 saturated carbocycles. The molecule has 0 unspecified atom stereocenters. The van der Waals surface area contributed by atoms with Gasteiger partial charge < -0.3 is 10.2 Å². The van der Waals surface area contributed by atoms with Crippen LogP contribution in [-0.2, 0) is 12.7 Å². The number of nitrogens with one attached hydrogen (secondary N) is 1. The highest BCUT2D eigenvalue weighted by molar-refractivity contribution is 9.10. The van der Waals surface area contributed by atoms with Crippen LogP contribution in [0.1, 0.15) is 11.1 Å². The van der Waals surface area contributed by atoms with Crippen LogP contribution in [0, 0.1) is 0 Å². The fourth-order valence-electron chi connectivity index (χ4n) is 1.62. The van der Waals surface area contributed by atoms with Crippen molar-refractivity contribution in [2.24, 2.45) is 0 Å². The largest absolute Gasteiger partial charge is 0.416 e. The maximum Gasteiger partial charge on any atom is 0.416 e. The summed E-state index contributed by atoms with van der Waals surface area (Å²) >= 11 is 3.07. The van der Waals surface area contributed by atoms with Crippen LogP contribution in [0.25, 0.3) is 0 Å². The zero-order valence-corrected chi connectivity index (χ0v) is 11.9. The minimum atomic E-state index is -4.32. The summed E-state index contributed by atoms with van der Waals surface area (Å²) in [5.41, 5.74) is -0.280. The molecule has 6 heteroatoms. The van der Waals surface area contributed by atoms with Gasteiger partial charge in [-0.2, -0.15) is 13.2 Å². The molecule has 0 aliphatic heterocycles. The summed E-state index contributed by atoms with van der Waals surface area (Å²) < 4.78 is 39.1. The summed E-state index contributed by atoms with van der Waals surface area (Å²) in [6, 6.07) is 4.28. The van der Waals surface area contributed by atoms with E-state index >= 15 is 0 Å². The molecular weight excluding hydrogens is 309 g/mol. The Morgan fingerprint density at radius 3 is 2.56 bits per heavy atom. The van der Waals surface area contributed by atoms with E-state index in [0.29, 0.717) is 16.6 Å². The molecule has 18 heavy (non-hydrogen) atoms. The fourth-order valence-corrected chi connectivity index (χ4v) is 1.98. The van der Waals surface area contributed by atoms with E-state index in [1.54, 1.807) is 13.1 Å². The summed E-state index contributed by atoms with van der Waals surface area (Å²) in [4.78, 5) is 1.86. The minimum Gasteiger partial charge on any atom is -0.318 e. The molecule has 1 rings (SSSR count). The predicted octanol–water partition coefficient (Wildman–Crippen LogP) is 3.12. The Morgan fingerprint density at radius 1 is 1.33 bits per heavy atom. The summed E-state index contributed by atoms with van der Waals surface area (Å²) in [7, 11) is 3.62. The molecule has 1 N–H and O–H groups in total. The Kier molecular flexibility index (Phi) is 5.62. The van der Waals surface area contributed by atoms with Crippen LogP contribution < -0.4 is 5.32 Å². The second kappa shape index (κ2) is 6.54. The third-order valence-corrected chi connectivity index (χ3v) is 3.05. The topological polar surface area (TPSA) is 15.3 Å². The standard InChI is InChI=1S/C12H16BrF3N2/c1-17-5-6-18(2)8-9-3-4-10(13)7-11(9)12(14,15)16/h3-4,7,17H,5-6,8H2,1-2H3. The lowest BCUT2D eigenvalue weighted by Gasteiger charge is -2.20. The predicted molar refractivity (Wildman–Crippen MR) is 69.4 cm³/mol. The van der Waals surface area contributed by atoms with Crippen LogP contribution in [0.2, 0.25) is 0 Å². The highest BCUT2D eigenvalue weighted by atomic mass is 79.9. The van der Waals surface area contributed by atoms with Crippen molar-refractivity contribution in [2.45, 2.75) is 12.7 Å². The van der Waals surface area contributed by atoms with E-state index < -0.39 is 11.7 Å². The number of halogens is 4. The molecule has 0 heterocycles. The van der Waals surface area contributed by atoms with E-state index in [9.17, 15) is 13.2 Å². The molecule has 0 aromatic heterocycles. The molecule has 0 spiro atoms. The van der Waals surface area contributed by atoms with E-state index in [1.807, 2.05) is 11.9 Å². The maximum atomic E-state index is 12.9. The monoisotopic (exact) mass is 324 g/mol. The number of benzene rings is 1. The molecule has 0 saturated heterocycles. The van der Waals surface area contributed by atoms with Crippen LogP contribution in [0.4, 0.5) is 13.2 Å². The third-order valence-electron chi connectivity index (χ3n) is 2.56. The van der Waals surface area contributed by atoms with Crippen molar-refractivity contribution in [1.29, 1.82) is 0 Å². The van der Waals surface area contributed by atoms with Crippen LogP contribution in [0.3, 0.4) is 0 Å². The molecule has 0 atom stereocenters. The molecular formula is C12H16BrF3N2. The van der Waals surface area contributed by atoms with Gasteiger partial charge in [-0.3, -0.25) is 0 Å². The Bertz CT molecular complexity index is 393. The van der Waals surface area contributed by atoms with Gasteiger partial charge in [-0.1, -0.05) is 22.0 Å². The molecule has 102 valence electrons. The molecule has 0 aliphatic carbocycles. The summed E-state index contributed by atoms with van der Waals surface area (Å²) in [5, 5.41) is 2.97. The normalized spacial score (nSPS) is 12.2.